The minimum Gasteiger partial charge on any atom is -0.481 e. The number of aromatic amines is 1. The summed E-state index contributed by atoms with van der Waals surface area (Å²) in [6, 6.07) is 3.61. The number of nitrogens with zero attached hydrogens (tertiary/aromatic N) is 2. The van der Waals surface area contributed by atoms with E-state index in [-0.39, 0.29) is 19.0 Å². The molecule has 0 aliphatic heterocycles. The third-order valence-electron chi connectivity index (χ3n) is 4.93. The Labute approximate surface area is 186 Å². The number of carboxylic acids is 1. The van der Waals surface area contributed by atoms with Crippen LogP contribution in [0, 0.1) is 5.92 Å². The van der Waals surface area contributed by atoms with Crippen LogP contribution in [0.25, 0.3) is 10.2 Å². The van der Waals surface area contributed by atoms with Gasteiger partial charge in [-0.05, 0) is 29.0 Å². The molecule has 3 heterocycles. The molecule has 164 valence electrons. The van der Waals surface area contributed by atoms with E-state index in [0.717, 1.165) is 11.1 Å². The highest BCUT2D eigenvalue weighted by atomic mass is 32.1. The molecule has 9 nitrogen and oxygen atoms in total. The van der Waals surface area contributed by atoms with E-state index in [1.165, 1.54) is 11.3 Å². The molecular weight excluding hydrogens is 432 g/mol. The molecule has 0 spiro atoms. The molecule has 0 radical (unpaired) electrons. The molecule has 4 rings (SSSR count). The Hall–Kier alpha value is -3.63. The van der Waals surface area contributed by atoms with Crippen LogP contribution in [-0.4, -0.2) is 38.5 Å². The van der Waals surface area contributed by atoms with Crippen LogP contribution in [0.4, 0.5) is 0 Å². The molecule has 0 saturated heterocycles. The van der Waals surface area contributed by atoms with E-state index in [1.54, 1.807) is 36.0 Å². The molecule has 1 unspecified atom stereocenters. The number of fused-ring (bicyclic) bond motifs is 1. The first-order valence-electron chi connectivity index (χ1n) is 9.86. The standard InChI is InChI=1S/C22H20N4O5S/c27-19-17-16(11-31-10-13-3-5-15(6-4-13)22(29)30)12-32-21(17)26-18(25-19)20(28)24-9-14-2-1-7-23-8-14/h1-5,7-8,12,15H,6,9-11H2,(H,24,28)(H,29,30)(H,25,26,27). The average molecular weight is 452 g/mol. The summed E-state index contributed by atoms with van der Waals surface area (Å²) in [5.41, 5.74) is 2.01. The maximum atomic E-state index is 12.6. The van der Waals surface area contributed by atoms with Crippen LogP contribution in [-0.2, 0) is 22.7 Å². The second-order valence-corrected chi connectivity index (χ2v) is 8.07. The van der Waals surface area contributed by atoms with Gasteiger partial charge in [0.25, 0.3) is 11.5 Å². The lowest BCUT2D eigenvalue weighted by molar-refractivity contribution is -0.139. The summed E-state index contributed by atoms with van der Waals surface area (Å²) in [5, 5.41) is 13.9. The van der Waals surface area contributed by atoms with Crippen molar-refractivity contribution >= 4 is 33.4 Å². The number of hydrogen-bond donors (Lipinski definition) is 3. The Morgan fingerprint density at radius 2 is 2.22 bits per heavy atom. The number of rotatable bonds is 8. The summed E-state index contributed by atoms with van der Waals surface area (Å²) < 4.78 is 5.72. The van der Waals surface area contributed by atoms with Crippen LogP contribution in [0.2, 0.25) is 0 Å². The summed E-state index contributed by atoms with van der Waals surface area (Å²) >= 11 is 1.27. The zero-order valence-electron chi connectivity index (χ0n) is 16.9. The molecule has 1 aliphatic carbocycles. The molecule has 0 saturated carbocycles. The third-order valence-corrected chi connectivity index (χ3v) is 5.85. The van der Waals surface area contributed by atoms with Gasteiger partial charge in [0.05, 0.1) is 24.5 Å². The number of allylic oxidation sites excluding steroid dienone is 1. The number of aliphatic carboxylic acids is 1. The van der Waals surface area contributed by atoms with Gasteiger partial charge >= 0.3 is 5.97 Å². The van der Waals surface area contributed by atoms with Crippen LogP contribution in [0.3, 0.4) is 0 Å². The number of hydrogen-bond acceptors (Lipinski definition) is 7. The highest BCUT2D eigenvalue weighted by molar-refractivity contribution is 7.16. The fourth-order valence-electron chi connectivity index (χ4n) is 3.22. The van der Waals surface area contributed by atoms with Gasteiger partial charge in [-0.15, -0.1) is 11.3 Å². The largest absolute Gasteiger partial charge is 0.481 e. The van der Waals surface area contributed by atoms with E-state index in [2.05, 4.69) is 20.3 Å². The van der Waals surface area contributed by atoms with Gasteiger partial charge in [0.15, 0.2) is 0 Å². The van der Waals surface area contributed by atoms with Gasteiger partial charge in [-0.25, -0.2) is 4.98 Å². The summed E-state index contributed by atoms with van der Waals surface area (Å²) in [6.45, 7) is 0.778. The maximum absolute atomic E-state index is 12.6. The van der Waals surface area contributed by atoms with Crippen molar-refractivity contribution < 1.29 is 19.4 Å². The Balaban J connectivity index is 1.38. The molecule has 10 heteroatoms. The minimum atomic E-state index is -0.848. The van der Waals surface area contributed by atoms with E-state index in [0.29, 0.717) is 28.8 Å². The van der Waals surface area contributed by atoms with Gasteiger partial charge in [0.1, 0.15) is 4.83 Å². The quantitative estimate of drug-likeness (QED) is 0.478. The molecule has 32 heavy (non-hydrogen) atoms. The average Bonchev–Trinajstić information content (AvgIpc) is 3.22. The lowest BCUT2D eigenvalue weighted by atomic mass is 9.97. The predicted molar refractivity (Wildman–Crippen MR) is 118 cm³/mol. The SMILES string of the molecule is O=C(NCc1cccnc1)c1nc2scc(COCC3=CCC(C(=O)O)C=C3)c2c(=O)[nH]1. The summed E-state index contributed by atoms with van der Waals surface area (Å²) in [4.78, 5) is 47.3. The van der Waals surface area contributed by atoms with Gasteiger partial charge in [0, 0.05) is 24.5 Å². The van der Waals surface area contributed by atoms with Crippen molar-refractivity contribution in [1.29, 1.82) is 0 Å². The van der Waals surface area contributed by atoms with E-state index in [1.807, 2.05) is 12.1 Å². The molecule has 3 aromatic heterocycles. The van der Waals surface area contributed by atoms with Crippen LogP contribution in [0.15, 0.2) is 58.5 Å². The highest BCUT2D eigenvalue weighted by Gasteiger charge is 2.17. The molecule has 3 aromatic rings. The first-order valence-corrected chi connectivity index (χ1v) is 10.7. The van der Waals surface area contributed by atoms with Gasteiger partial charge in [-0.1, -0.05) is 24.3 Å². The van der Waals surface area contributed by atoms with Crippen LogP contribution >= 0.6 is 11.3 Å². The summed E-state index contributed by atoms with van der Waals surface area (Å²) in [6.07, 6.45) is 8.97. The number of amides is 1. The number of aromatic nitrogens is 3. The molecular formula is C22H20N4O5S. The van der Waals surface area contributed by atoms with Crippen molar-refractivity contribution in [3.8, 4) is 0 Å². The lowest BCUT2D eigenvalue weighted by Gasteiger charge is -2.12. The number of ether oxygens (including phenoxy) is 1. The van der Waals surface area contributed by atoms with Gasteiger partial charge in [-0.3, -0.25) is 19.4 Å². The Kier molecular flexibility index (Phi) is 6.52. The second kappa shape index (κ2) is 9.67. The van der Waals surface area contributed by atoms with E-state index >= 15 is 0 Å². The van der Waals surface area contributed by atoms with Crippen LogP contribution in [0.5, 0.6) is 0 Å². The molecule has 0 bridgehead atoms. The normalized spacial score (nSPS) is 15.5. The molecule has 1 amide bonds. The first-order chi connectivity index (χ1) is 15.5. The van der Waals surface area contributed by atoms with Crippen molar-refractivity contribution in [2.45, 2.75) is 19.6 Å². The fraction of sp³-hybridized carbons (Fsp3) is 0.227. The number of H-pyrrole nitrogens is 1. The number of carboxylic acid groups (broad SMARTS) is 1. The van der Waals surface area contributed by atoms with E-state index < -0.39 is 23.4 Å². The zero-order chi connectivity index (χ0) is 22.5. The monoisotopic (exact) mass is 452 g/mol. The summed E-state index contributed by atoms with van der Waals surface area (Å²) in [5.74, 6) is -1.88. The maximum Gasteiger partial charge on any atom is 0.310 e. The summed E-state index contributed by atoms with van der Waals surface area (Å²) in [7, 11) is 0. The Bertz CT molecular complexity index is 1260. The van der Waals surface area contributed by atoms with Crippen LogP contribution < -0.4 is 10.9 Å². The second-order valence-electron chi connectivity index (χ2n) is 7.21. The zero-order valence-corrected chi connectivity index (χ0v) is 17.7. The van der Waals surface area contributed by atoms with E-state index in [4.69, 9.17) is 9.84 Å². The van der Waals surface area contributed by atoms with Gasteiger partial charge in [-0.2, -0.15) is 0 Å². The Morgan fingerprint density at radius 3 is 2.94 bits per heavy atom. The molecule has 0 aromatic carbocycles. The van der Waals surface area contributed by atoms with Crippen molar-refractivity contribution in [1.82, 2.24) is 20.3 Å². The number of pyridine rings is 1. The fourth-order valence-corrected chi connectivity index (χ4v) is 4.15. The topological polar surface area (TPSA) is 134 Å². The molecule has 0 fully saturated rings. The van der Waals surface area contributed by atoms with Crippen LogP contribution in [0.1, 0.15) is 28.2 Å². The van der Waals surface area contributed by atoms with E-state index in [9.17, 15) is 14.4 Å². The van der Waals surface area contributed by atoms with Crippen molar-refractivity contribution in [3.63, 3.8) is 0 Å². The van der Waals surface area contributed by atoms with Crippen molar-refractivity contribution in [2.24, 2.45) is 5.92 Å². The first kappa shape index (κ1) is 21.6. The number of carbonyl (C=O) groups excluding carboxylic acids is 1. The lowest BCUT2D eigenvalue weighted by Crippen LogP contribution is -2.27. The van der Waals surface area contributed by atoms with Gasteiger partial charge < -0.3 is 20.1 Å². The Morgan fingerprint density at radius 1 is 1.34 bits per heavy atom. The molecule has 1 atom stereocenters. The highest BCUT2D eigenvalue weighted by Crippen LogP contribution is 2.23. The van der Waals surface area contributed by atoms with Crippen molar-refractivity contribution in [3.05, 3.63) is 81.0 Å². The minimum absolute atomic E-state index is 0.0498. The molecule has 1 aliphatic rings. The smallest absolute Gasteiger partial charge is 0.310 e. The third kappa shape index (κ3) is 4.98. The van der Waals surface area contributed by atoms with Gasteiger partial charge in [0.2, 0.25) is 5.82 Å². The molecule has 3 N–H and O–H groups in total. The number of thiophene rings is 1. The van der Waals surface area contributed by atoms with Crippen molar-refractivity contribution in [2.75, 3.05) is 6.61 Å². The number of nitrogens with one attached hydrogen (secondary N) is 2. The predicted octanol–water partition coefficient (Wildman–Crippen LogP) is 2.41. The number of carbonyl (C=O) groups is 2.